The molecule has 2 heterocycles. The maximum absolute atomic E-state index is 10.5. The number of phenols is 2. The number of aromatic amines is 2. The van der Waals surface area contributed by atoms with Gasteiger partial charge in [0.15, 0.2) is 0 Å². The summed E-state index contributed by atoms with van der Waals surface area (Å²) in [6.07, 6.45) is 3.57. The Hall–Kier alpha value is -4.34. The largest absolute Gasteiger partial charge is 0.744 e. The van der Waals surface area contributed by atoms with E-state index in [-0.39, 0.29) is 0 Å². The zero-order chi connectivity index (χ0) is 33.8. The quantitative estimate of drug-likeness (QED) is 0.161. The molecular weight excluding hydrogens is 760 g/mol. The van der Waals surface area contributed by atoms with E-state index in [1.165, 1.54) is 0 Å². The van der Waals surface area contributed by atoms with Crippen LogP contribution in [0.1, 0.15) is 20.7 Å². The molecule has 0 aliphatic carbocycles. The molecule has 0 saturated carbocycles. The van der Waals surface area contributed by atoms with Crippen molar-refractivity contribution in [3.05, 3.63) is 93.1 Å². The molecule has 0 radical (unpaired) electrons. The third kappa shape index (κ3) is 13.3. The second-order valence-electron chi connectivity index (χ2n) is 7.80. The number of H-pyrrole nitrogens is 2. The minimum absolute atomic E-state index is 0.593. The van der Waals surface area contributed by atoms with Crippen LogP contribution in [0.5, 0.6) is 11.5 Å². The molecule has 2 aromatic heterocycles. The second-order valence-corrected chi connectivity index (χ2v) is 12.4. The Morgan fingerprint density at radius 1 is 0.636 bits per heavy atom. The van der Waals surface area contributed by atoms with E-state index >= 15 is 0 Å². The highest BCUT2D eigenvalue weighted by Crippen LogP contribution is 2.22. The zero-order valence-electron chi connectivity index (χ0n) is 21.7. The average molecular weight is 782 g/mol. The number of hydrogen-bond donors (Lipinski definition) is 6. The minimum Gasteiger partial charge on any atom is -0.744 e. The van der Waals surface area contributed by atoms with E-state index in [1.807, 2.05) is 12.1 Å². The lowest BCUT2D eigenvalue weighted by atomic mass is 10.2. The van der Waals surface area contributed by atoms with Crippen LogP contribution in [0.2, 0.25) is 0 Å². The normalized spacial score (nSPS) is 10.5. The number of carboxylic acids is 2. The van der Waals surface area contributed by atoms with Crippen molar-refractivity contribution in [3.63, 3.8) is 0 Å². The molecule has 0 unspecified atom stereocenters. The van der Waals surface area contributed by atoms with Gasteiger partial charge in [-0.05, 0) is 80.4 Å². The summed E-state index contributed by atoms with van der Waals surface area (Å²) in [5.41, 5.74) is 9.45. The molecule has 2 aromatic carbocycles. The number of anilines is 2. The Bertz CT molecular complexity index is 1650. The van der Waals surface area contributed by atoms with Gasteiger partial charge in [0, 0.05) is 12.1 Å². The number of hydrogen-bond acceptors (Lipinski definition) is 12. The summed E-state index contributed by atoms with van der Waals surface area (Å²) < 4.78 is 64.9. The van der Waals surface area contributed by atoms with E-state index < -0.39 is 64.6 Å². The highest BCUT2D eigenvalue weighted by molar-refractivity contribution is 9.10. The molecule has 0 atom stereocenters. The number of aromatic nitrogens is 2. The Kier molecular flexibility index (Phi) is 14.1. The molecule has 0 aliphatic heterocycles. The first-order valence-corrected chi connectivity index (χ1v) is 15.5. The van der Waals surface area contributed by atoms with Gasteiger partial charge in [0.1, 0.15) is 55.3 Å². The summed E-state index contributed by atoms with van der Waals surface area (Å²) in [4.78, 5) is 25.2. The standard InChI is InChI=1S/2C7H6O6S.2C5H5BrN2/c2*8-6-2-1-4(14(11,12)13)3-5(6)7(9)10;2*6-4-1-2-5(7)8-3-4/h2*1-3,8H,(H,9,10)(H,11,12,13);2*1-3H,(H2,7,8). The summed E-state index contributed by atoms with van der Waals surface area (Å²) in [5.74, 6) is -2.85. The van der Waals surface area contributed by atoms with E-state index in [1.54, 1.807) is 24.5 Å². The van der Waals surface area contributed by atoms with Gasteiger partial charge in [-0.15, -0.1) is 0 Å². The van der Waals surface area contributed by atoms with Crippen molar-refractivity contribution in [1.29, 1.82) is 0 Å². The first-order valence-electron chi connectivity index (χ1n) is 11.1. The summed E-state index contributed by atoms with van der Waals surface area (Å²) in [6.45, 7) is 0. The van der Waals surface area contributed by atoms with Crippen molar-refractivity contribution < 1.29 is 65.9 Å². The third-order valence-electron chi connectivity index (χ3n) is 4.57. The minimum atomic E-state index is -4.70. The van der Waals surface area contributed by atoms with Gasteiger partial charge >= 0.3 is 11.9 Å². The molecule has 0 amide bonds. The average Bonchev–Trinajstić information content (AvgIpc) is 2.92. The number of aromatic carboxylic acids is 2. The Morgan fingerprint density at radius 3 is 1.16 bits per heavy atom. The smallest absolute Gasteiger partial charge is 0.339 e. The molecule has 236 valence electrons. The number of nitrogens with two attached hydrogens (primary N) is 2. The van der Waals surface area contributed by atoms with Crippen LogP contribution >= 0.6 is 31.9 Å². The van der Waals surface area contributed by atoms with Gasteiger partial charge in [-0.3, -0.25) is 11.5 Å². The second kappa shape index (κ2) is 16.5. The van der Waals surface area contributed by atoms with Crippen LogP contribution in [0.15, 0.2) is 91.8 Å². The lowest BCUT2D eigenvalue weighted by Gasteiger charge is -2.08. The first-order chi connectivity index (χ1) is 20.2. The predicted octanol–water partition coefficient (Wildman–Crippen LogP) is 1.68. The maximum Gasteiger partial charge on any atom is 0.339 e. The summed E-state index contributed by atoms with van der Waals surface area (Å²) in [5, 5.41) is 35.0. The highest BCUT2D eigenvalue weighted by atomic mass is 79.9. The fourth-order valence-corrected chi connectivity index (χ4v) is 4.01. The van der Waals surface area contributed by atoms with Crippen LogP contribution < -0.4 is 21.4 Å². The Labute approximate surface area is 266 Å². The van der Waals surface area contributed by atoms with Crippen LogP contribution in [0.3, 0.4) is 0 Å². The molecule has 0 spiro atoms. The van der Waals surface area contributed by atoms with Gasteiger partial charge in [0.25, 0.3) is 11.6 Å². The molecule has 10 N–H and O–H groups in total. The maximum atomic E-state index is 10.5. The van der Waals surface area contributed by atoms with Crippen molar-refractivity contribution in [1.82, 2.24) is 0 Å². The number of nitrogens with one attached hydrogen (secondary N) is 2. The van der Waals surface area contributed by atoms with Crippen LogP contribution in [-0.4, -0.2) is 58.3 Å². The van der Waals surface area contributed by atoms with E-state index in [2.05, 4.69) is 41.8 Å². The molecule has 4 rings (SSSR count). The summed E-state index contributed by atoms with van der Waals surface area (Å²) >= 11 is 6.52. The lowest BCUT2D eigenvalue weighted by Crippen LogP contribution is -2.07. The summed E-state index contributed by atoms with van der Waals surface area (Å²) in [7, 11) is -9.40. The fourth-order valence-electron chi connectivity index (χ4n) is 2.52. The van der Waals surface area contributed by atoms with Gasteiger partial charge < -0.3 is 29.5 Å². The van der Waals surface area contributed by atoms with E-state index in [0.717, 1.165) is 33.2 Å². The van der Waals surface area contributed by atoms with Gasteiger partial charge in [-0.2, -0.15) is 0 Å². The number of aromatic hydroxyl groups is 2. The number of carboxylic acid groups (broad SMARTS) is 2. The third-order valence-corrected chi connectivity index (χ3v) is 7.22. The molecule has 4 aromatic rings. The van der Waals surface area contributed by atoms with Crippen LogP contribution in [0.4, 0.5) is 11.6 Å². The molecule has 44 heavy (non-hydrogen) atoms. The zero-order valence-corrected chi connectivity index (χ0v) is 26.5. The van der Waals surface area contributed by atoms with Crippen molar-refractivity contribution in [2.75, 3.05) is 11.5 Å². The van der Waals surface area contributed by atoms with Crippen LogP contribution in [0.25, 0.3) is 0 Å². The molecule has 0 bridgehead atoms. The van der Waals surface area contributed by atoms with E-state index in [4.69, 9.17) is 31.9 Å². The first kappa shape index (κ1) is 37.7. The highest BCUT2D eigenvalue weighted by Gasteiger charge is 2.13. The number of carbonyl (C=O) groups is 2. The molecule has 16 nitrogen and oxygen atoms in total. The number of rotatable bonds is 4. The van der Waals surface area contributed by atoms with Crippen molar-refractivity contribution in [2.24, 2.45) is 0 Å². The number of benzene rings is 2. The van der Waals surface area contributed by atoms with Crippen molar-refractivity contribution in [2.45, 2.75) is 9.79 Å². The van der Waals surface area contributed by atoms with Gasteiger partial charge in [-0.25, -0.2) is 36.4 Å². The summed E-state index contributed by atoms with van der Waals surface area (Å²) in [6, 6.07) is 11.9. The van der Waals surface area contributed by atoms with Gasteiger partial charge in [0.2, 0.25) is 0 Å². The number of nitrogen functional groups attached to an aromatic ring is 2. The van der Waals surface area contributed by atoms with E-state index in [9.17, 15) is 35.5 Å². The van der Waals surface area contributed by atoms with E-state index in [0.29, 0.717) is 23.8 Å². The monoisotopic (exact) mass is 780 g/mol. The number of pyridine rings is 2. The lowest BCUT2D eigenvalue weighted by molar-refractivity contribution is -0.361. The van der Waals surface area contributed by atoms with Crippen molar-refractivity contribution >= 4 is 75.7 Å². The van der Waals surface area contributed by atoms with Crippen molar-refractivity contribution in [3.8, 4) is 11.5 Å². The molecular formula is C24H22Br2N4O12S2. The Morgan fingerprint density at radius 2 is 0.955 bits per heavy atom. The van der Waals surface area contributed by atoms with Gasteiger partial charge in [0.05, 0.1) is 18.7 Å². The topological polar surface area (TPSA) is 310 Å². The molecule has 0 saturated heterocycles. The van der Waals surface area contributed by atoms with Crippen LogP contribution in [0, 0.1) is 0 Å². The SMILES string of the molecule is Nc1ccc(Br)c[nH+]1.Nc1ccc(Br)c[nH+]1.O=C(O)c1cc(S(=O)(=O)[O-])ccc1O.O=C(O)c1cc(S(=O)(=O)[O-])ccc1O. The fraction of sp³-hybridized carbons (Fsp3) is 0. The van der Waals surface area contributed by atoms with Crippen LogP contribution in [-0.2, 0) is 20.2 Å². The number of halogens is 2. The Balaban J connectivity index is 0.000000303. The molecule has 0 fully saturated rings. The molecule has 0 aliphatic rings. The predicted molar refractivity (Wildman–Crippen MR) is 156 cm³/mol. The van der Waals surface area contributed by atoms with Gasteiger partial charge in [-0.1, -0.05) is 0 Å². The molecule has 20 heteroatoms.